The molecule has 0 radical (unpaired) electrons. The minimum Gasteiger partial charge on any atom is -0.395 e. The molecule has 1 spiro atoms. The van der Waals surface area contributed by atoms with Gasteiger partial charge in [0.25, 0.3) is 0 Å². The standard InChI is InChI=1S/C9H18N2O/c12-6-5-11-4-2-9(8-11)1-3-10-7-9/h10,12H,1-8H2. The highest BCUT2D eigenvalue weighted by Gasteiger charge is 2.39. The van der Waals surface area contributed by atoms with Gasteiger partial charge in [-0.15, -0.1) is 0 Å². The lowest BCUT2D eigenvalue weighted by Crippen LogP contribution is -2.30. The molecule has 3 heteroatoms. The second-order valence-corrected chi connectivity index (χ2v) is 4.18. The van der Waals surface area contributed by atoms with Crippen LogP contribution in [0.5, 0.6) is 0 Å². The number of aliphatic hydroxyl groups is 1. The fourth-order valence-corrected chi connectivity index (χ4v) is 2.50. The summed E-state index contributed by atoms with van der Waals surface area (Å²) in [6.07, 6.45) is 2.65. The number of rotatable bonds is 2. The predicted octanol–water partition coefficient (Wildman–Crippen LogP) is -0.336. The van der Waals surface area contributed by atoms with Crippen molar-refractivity contribution in [3.63, 3.8) is 0 Å². The molecule has 3 nitrogen and oxygen atoms in total. The van der Waals surface area contributed by atoms with Gasteiger partial charge in [-0.2, -0.15) is 0 Å². The molecule has 0 aromatic heterocycles. The number of hydrogen-bond donors (Lipinski definition) is 2. The number of hydrogen-bond acceptors (Lipinski definition) is 3. The fraction of sp³-hybridized carbons (Fsp3) is 1.00. The summed E-state index contributed by atoms with van der Waals surface area (Å²) in [6, 6.07) is 0. The monoisotopic (exact) mass is 170 g/mol. The van der Waals surface area contributed by atoms with E-state index in [1.54, 1.807) is 0 Å². The fourth-order valence-electron chi connectivity index (χ4n) is 2.50. The minimum absolute atomic E-state index is 0.309. The summed E-state index contributed by atoms with van der Waals surface area (Å²) in [6.45, 7) is 5.93. The normalized spacial score (nSPS) is 36.8. The number of nitrogens with one attached hydrogen (secondary N) is 1. The van der Waals surface area contributed by atoms with Crippen molar-refractivity contribution in [1.82, 2.24) is 10.2 Å². The van der Waals surface area contributed by atoms with Crippen molar-refractivity contribution in [2.24, 2.45) is 5.41 Å². The van der Waals surface area contributed by atoms with E-state index in [9.17, 15) is 0 Å². The molecule has 0 bridgehead atoms. The van der Waals surface area contributed by atoms with Crippen LogP contribution in [-0.4, -0.2) is 49.3 Å². The third kappa shape index (κ3) is 1.49. The molecule has 1 atom stereocenters. The predicted molar refractivity (Wildman–Crippen MR) is 48.1 cm³/mol. The van der Waals surface area contributed by atoms with E-state index >= 15 is 0 Å². The first-order valence-corrected chi connectivity index (χ1v) is 4.89. The van der Waals surface area contributed by atoms with Crippen LogP contribution < -0.4 is 5.32 Å². The first kappa shape index (κ1) is 8.48. The summed E-state index contributed by atoms with van der Waals surface area (Å²) >= 11 is 0. The van der Waals surface area contributed by atoms with Gasteiger partial charge in [0.05, 0.1) is 6.61 Å². The van der Waals surface area contributed by atoms with Crippen LogP contribution in [0.25, 0.3) is 0 Å². The summed E-state index contributed by atoms with van der Waals surface area (Å²) < 4.78 is 0. The largest absolute Gasteiger partial charge is 0.395 e. The van der Waals surface area contributed by atoms with Crippen molar-refractivity contribution in [3.8, 4) is 0 Å². The Labute approximate surface area is 73.8 Å². The molecule has 2 fully saturated rings. The zero-order valence-electron chi connectivity index (χ0n) is 7.55. The van der Waals surface area contributed by atoms with Gasteiger partial charge < -0.3 is 15.3 Å². The lowest BCUT2D eigenvalue weighted by Gasteiger charge is -2.22. The van der Waals surface area contributed by atoms with Crippen LogP contribution in [0.3, 0.4) is 0 Å². The summed E-state index contributed by atoms with van der Waals surface area (Å²) in [4.78, 5) is 2.38. The molecule has 2 N–H and O–H groups in total. The van der Waals surface area contributed by atoms with E-state index in [0.29, 0.717) is 12.0 Å². The van der Waals surface area contributed by atoms with Crippen molar-refractivity contribution in [1.29, 1.82) is 0 Å². The lowest BCUT2D eigenvalue weighted by molar-refractivity contribution is 0.205. The van der Waals surface area contributed by atoms with E-state index in [1.165, 1.54) is 39.0 Å². The average Bonchev–Trinajstić information content (AvgIpc) is 2.65. The van der Waals surface area contributed by atoms with Crippen LogP contribution in [0.1, 0.15) is 12.8 Å². The molecule has 0 amide bonds. The maximum absolute atomic E-state index is 8.80. The van der Waals surface area contributed by atoms with E-state index in [4.69, 9.17) is 5.11 Å². The number of nitrogens with zero attached hydrogens (tertiary/aromatic N) is 1. The Morgan fingerprint density at radius 2 is 2.33 bits per heavy atom. The molecule has 0 aromatic rings. The van der Waals surface area contributed by atoms with Crippen molar-refractivity contribution < 1.29 is 5.11 Å². The molecule has 2 saturated heterocycles. The van der Waals surface area contributed by atoms with Crippen LogP contribution in [0, 0.1) is 5.41 Å². The molecular weight excluding hydrogens is 152 g/mol. The van der Waals surface area contributed by atoms with Crippen molar-refractivity contribution in [3.05, 3.63) is 0 Å². The minimum atomic E-state index is 0.309. The molecule has 70 valence electrons. The van der Waals surface area contributed by atoms with Crippen LogP contribution in [0.4, 0.5) is 0 Å². The third-order valence-corrected chi connectivity index (χ3v) is 3.27. The molecule has 2 heterocycles. The van der Waals surface area contributed by atoms with Crippen LogP contribution in [-0.2, 0) is 0 Å². The second kappa shape index (κ2) is 3.32. The highest BCUT2D eigenvalue weighted by Crippen LogP contribution is 2.35. The Bertz CT molecular complexity index is 155. The highest BCUT2D eigenvalue weighted by atomic mass is 16.3. The maximum Gasteiger partial charge on any atom is 0.0558 e. The third-order valence-electron chi connectivity index (χ3n) is 3.27. The van der Waals surface area contributed by atoms with Gasteiger partial charge in [-0.3, -0.25) is 0 Å². The maximum atomic E-state index is 8.80. The average molecular weight is 170 g/mol. The van der Waals surface area contributed by atoms with Crippen molar-refractivity contribution in [2.45, 2.75) is 12.8 Å². The molecule has 0 saturated carbocycles. The Kier molecular flexibility index (Phi) is 2.35. The van der Waals surface area contributed by atoms with Gasteiger partial charge in [0.1, 0.15) is 0 Å². The molecule has 0 aliphatic carbocycles. The summed E-state index contributed by atoms with van der Waals surface area (Å²) in [5.41, 5.74) is 0.565. The molecule has 0 aromatic carbocycles. The highest BCUT2D eigenvalue weighted by molar-refractivity contribution is 4.95. The van der Waals surface area contributed by atoms with E-state index in [0.717, 1.165) is 6.54 Å². The lowest BCUT2D eigenvalue weighted by atomic mass is 9.87. The first-order chi connectivity index (χ1) is 5.85. The Morgan fingerprint density at radius 3 is 3.00 bits per heavy atom. The van der Waals surface area contributed by atoms with Gasteiger partial charge in [0.2, 0.25) is 0 Å². The second-order valence-electron chi connectivity index (χ2n) is 4.18. The van der Waals surface area contributed by atoms with Gasteiger partial charge in [-0.05, 0) is 31.3 Å². The Balaban J connectivity index is 1.88. The van der Waals surface area contributed by atoms with Crippen molar-refractivity contribution >= 4 is 0 Å². The summed E-state index contributed by atoms with van der Waals surface area (Å²) in [7, 11) is 0. The van der Waals surface area contributed by atoms with Gasteiger partial charge in [-0.1, -0.05) is 0 Å². The van der Waals surface area contributed by atoms with E-state index in [1.807, 2.05) is 0 Å². The van der Waals surface area contributed by atoms with Crippen LogP contribution in [0.2, 0.25) is 0 Å². The summed E-state index contributed by atoms with van der Waals surface area (Å²) in [5.74, 6) is 0. The topological polar surface area (TPSA) is 35.5 Å². The van der Waals surface area contributed by atoms with Crippen LogP contribution in [0.15, 0.2) is 0 Å². The molecule has 1 unspecified atom stereocenters. The number of aliphatic hydroxyl groups excluding tert-OH is 1. The van der Waals surface area contributed by atoms with E-state index in [2.05, 4.69) is 10.2 Å². The molecule has 2 aliphatic rings. The number of likely N-dealkylation sites (tertiary alicyclic amines) is 1. The molecule has 2 rings (SSSR count). The van der Waals surface area contributed by atoms with Gasteiger partial charge in [0.15, 0.2) is 0 Å². The molecule has 12 heavy (non-hydrogen) atoms. The molecule has 2 aliphatic heterocycles. The SMILES string of the molecule is OCCN1CCC2(CCNC2)C1. The van der Waals surface area contributed by atoms with Gasteiger partial charge >= 0.3 is 0 Å². The van der Waals surface area contributed by atoms with Crippen LogP contribution >= 0.6 is 0 Å². The Hall–Kier alpha value is -0.120. The smallest absolute Gasteiger partial charge is 0.0558 e. The molecular formula is C9H18N2O. The quantitative estimate of drug-likeness (QED) is 0.595. The Morgan fingerprint density at radius 1 is 1.42 bits per heavy atom. The van der Waals surface area contributed by atoms with E-state index < -0.39 is 0 Å². The van der Waals surface area contributed by atoms with E-state index in [-0.39, 0.29) is 0 Å². The zero-order chi connectivity index (χ0) is 8.44. The van der Waals surface area contributed by atoms with Gasteiger partial charge in [-0.25, -0.2) is 0 Å². The number of β-amino-alcohol motifs (C(OH)–C–C–N with tert-alkyl or cyclic N) is 1. The summed E-state index contributed by atoms with van der Waals surface area (Å²) in [5, 5.41) is 12.2. The first-order valence-electron chi connectivity index (χ1n) is 4.89. The van der Waals surface area contributed by atoms with Gasteiger partial charge in [0, 0.05) is 19.6 Å². The van der Waals surface area contributed by atoms with Crippen molar-refractivity contribution in [2.75, 3.05) is 39.3 Å². The zero-order valence-corrected chi connectivity index (χ0v) is 7.55.